The second kappa shape index (κ2) is 4.90. The summed E-state index contributed by atoms with van der Waals surface area (Å²) in [7, 11) is 0. The number of carbonyl (C=O) groups is 2. The zero-order valence-corrected chi connectivity index (χ0v) is 11.7. The molecule has 1 saturated heterocycles. The van der Waals surface area contributed by atoms with Crippen molar-refractivity contribution >= 4 is 11.8 Å². The van der Waals surface area contributed by atoms with Crippen LogP contribution in [0.1, 0.15) is 52.9 Å². The number of nitrogens with zero attached hydrogens (tertiary/aromatic N) is 1. The highest BCUT2D eigenvalue weighted by Gasteiger charge is 2.41. The number of nitrogens with one attached hydrogen (secondary N) is 1. The minimum atomic E-state index is -0.292. The van der Waals surface area contributed by atoms with Gasteiger partial charge in [-0.2, -0.15) is 0 Å². The molecule has 1 heterocycles. The molecule has 2 atom stereocenters. The molecule has 2 unspecified atom stereocenters. The predicted octanol–water partition coefficient (Wildman–Crippen LogP) is 1.69. The Morgan fingerprint density at radius 3 is 2.67 bits per heavy atom. The van der Waals surface area contributed by atoms with E-state index in [-0.39, 0.29) is 30.4 Å². The van der Waals surface area contributed by atoms with E-state index in [0.29, 0.717) is 5.41 Å². The molecular formula is C14H24N2O2. The van der Waals surface area contributed by atoms with Crippen LogP contribution in [0.2, 0.25) is 0 Å². The molecule has 2 rings (SSSR count). The molecule has 4 nitrogen and oxygen atoms in total. The first-order valence-corrected chi connectivity index (χ1v) is 7.03. The maximum atomic E-state index is 12.4. The van der Waals surface area contributed by atoms with Crippen LogP contribution in [0.4, 0.5) is 0 Å². The Morgan fingerprint density at radius 1 is 1.39 bits per heavy atom. The Bertz CT molecular complexity index is 352. The van der Waals surface area contributed by atoms with Gasteiger partial charge in [0.1, 0.15) is 6.04 Å². The molecule has 1 saturated carbocycles. The number of carbonyl (C=O) groups excluding carboxylic acids is 2. The van der Waals surface area contributed by atoms with Crippen LogP contribution in [-0.4, -0.2) is 35.3 Å². The lowest BCUT2D eigenvalue weighted by Crippen LogP contribution is -2.60. The molecule has 1 aliphatic heterocycles. The molecule has 0 aromatic carbocycles. The van der Waals surface area contributed by atoms with Crippen LogP contribution in [0.25, 0.3) is 0 Å². The van der Waals surface area contributed by atoms with Crippen LogP contribution < -0.4 is 5.32 Å². The Kier molecular flexibility index (Phi) is 3.64. The van der Waals surface area contributed by atoms with Gasteiger partial charge in [0.05, 0.1) is 6.54 Å². The van der Waals surface area contributed by atoms with Gasteiger partial charge in [0.25, 0.3) is 0 Å². The number of hydrogen-bond acceptors (Lipinski definition) is 2. The molecule has 0 radical (unpaired) electrons. The van der Waals surface area contributed by atoms with Gasteiger partial charge in [0.2, 0.25) is 11.8 Å². The summed E-state index contributed by atoms with van der Waals surface area (Å²) in [6.07, 6.45) is 4.86. The normalized spacial score (nSPS) is 31.6. The standard InChI is InChI=1S/C14H24N2O2/c1-4-5-11-13(18)16(9-12(17)15-11)10-6-7-14(2,3)8-10/h10-11H,4-9H2,1-3H3,(H,15,17). The van der Waals surface area contributed by atoms with E-state index in [1.165, 1.54) is 0 Å². The second-order valence-electron chi connectivity index (χ2n) is 6.44. The molecule has 0 spiro atoms. The van der Waals surface area contributed by atoms with Gasteiger partial charge in [0.15, 0.2) is 0 Å². The molecule has 2 aliphatic rings. The SMILES string of the molecule is CCCC1NC(=O)CN(C2CCC(C)(C)C2)C1=O. The second-order valence-corrected chi connectivity index (χ2v) is 6.44. The summed E-state index contributed by atoms with van der Waals surface area (Å²) in [5.74, 6) is 0.122. The van der Waals surface area contributed by atoms with Crippen LogP contribution in [0, 0.1) is 5.41 Å². The van der Waals surface area contributed by atoms with E-state index in [1.54, 1.807) is 0 Å². The molecule has 0 aromatic rings. The third kappa shape index (κ3) is 2.68. The van der Waals surface area contributed by atoms with Crippen LogP contribution in [0.5, 0.6) is 0 Å². The average molecular weight is 252 g/mol. The van der Waals surface area contributed by atoms with Crippen LogP contribution in [-0.2, 0) is 9.59 Å². The fraction of sp³-hybridized carbons (Fsp3) is 0.857. The summed E-state index contributed by atoms with van der Waals surface area (Å²) in [6.45, 7) is 6.77. The maximum Gasteiger partial charge on any atom is 0.245 e. The van der Waals surface area contributed by atoms with Crippen molar-refractivity contribution in [1.29, 1.82) is 0 Å². The lowest BCUT2D eigenvalue weighted by atomic mass is 9.91. The molecule has 1 N–H and O–H groups in total. The van der Waals surface area contributed by atoms with Crippen molar-refractivity contribution in [1.82, 2.24) is 10.2 Å². The highest BCUT2D eigenvalue weighted by Crippen LogP contribution is 2.39. The van der Waals surface area contributed by atoms with E-state index in [4.69, 9.17) is 0 Å². The zero-order valence-electron chi connectivity index (χ0n) is 11.7. The van der Waals surface area contributed by atoms with Gasteiger partial charge >= 0.3 is 0 Å². The van der Waals surface area contributed by atoms with E-state index >= 15 is 0 Å². The number of amides is 2. The molecule has 4 heteroatoms. The minimum Gasteiger partial charge on any atom is -0.343 e. The zero-order chi connectivity index (χ0) is 13.3. The van der Waals surface area contributed by atoms with E-state index in [2.05, 4.69) is 19.2 Å². The third-order valence-corrected chi connectivity index (χ3v) is 4.19. The van der Waals surface area contributed by atoms with Gasteiger partial charge in [-0.3, -0.25) is 9.59 Å². The lowest BCUT2D eigenvalue weighted by Gasteiger charge is -2.37. The van der Waals surface area contributed by atoms with Crippen molar-refractivity contribution in [3.8, 4) is 0 Å². The average Bonchev–Trinajstić information content (AvgIpc) is 2.64. The maximum absolute atomic E-state index is 12.4. The van der Waals surface area contributed by atoms with Crippen molar-refractivity contribution in [2.45, 2.75) is 65.0 Å². The fourth-order valence-corrected chi connectivity index (χ4v) is 3.19. The van der Waals surface area contributed by atoms with Crippen LogP contribution in [0.3, 0.4) is 0 Å². The highest BCUT2D eigenvalue weighted by atomic mass is 16.2. The van der Waals surface area contributed by atoms with Crippen molar-refractivity contribution in [3.63, 3.8) is 0 Å². The van der Waals surface area contributed by atoms with E-state index in [9.17, 15) is 9.59 Å². The van der Waals surface area contributed by atoms with Crippen LogP contribution >= 0.6 is 0 Å². The van der Waals surface area contributed by atoms with Gasteiger partial charge in [0, 0.05) is 6.04 Å². The quantitative estimate of drug-likeness (QED) is 0.831. The predicted molar refractivity (Wildman–Crippen MR) is 70.0 cm³/mol. The first kappa shape index (κ1) is 13.4. The first-order chi connectivity index (χ1) is 8.43. The van der Waals surface area contributed by atoms with Gasteiger partial charge in [-0.15, -0.1) is 0 Å². The van der Waals surface area contributed by atoms with Gasteiger partial charge in [-0.1, -0.05) is 27.2 Å². The van der Waals surface area contributed by atoms with Crippen molar-refractivity contribution in [3.05, 3.63) is 0 Å². The highest BCUT2D eigenvalue weighted by molar-refractivity contribution is 5.95. The summed E-state index contributed by atoms with van der Waals surface area (Å²) in [5, 5.41) is 2.81. The Morgan fingerprint density at radius 2 is 2.11 bits per heavy atom. The fourth-order valence-electron chi connectivity index (χ4n) is 3.19. The van der Waals surface area contributed by atoms with E-state index in [1.807, 2.05) is 11.8 Å². The monoisotopic (exact) mass is 252 g/mol. The van der Waals surface area contributed by atoms with Gasteiger partial charge < -0.3 is 10.2 Å². The Labute approximate surface area is 109 Å². The Hall–Kier alpha value is -1.06. The molecule has 18 heavy (non-hydrogen) atoms. The summed E-state index contributed by atoms with van der Waals surface area (Å²) >= 11 is 0. The largest absolute Gasteiger partial charge is 0.343 e. The number of rotatable bonds is 3. The summed E-state index contributed by atoms with van der Waals surface area (Å²) in [5.41, 5.74) is 0.305. The van der Waals surface area contributed by atoms with Gasteiger partial charge in [-0.25, -0.2) is 0 Å². The third-order valence-electron chi connectivity index (χ3n) is 4.19. The molecule has 102 valence electrons. The topological polar surface area (TPSA) is 49.4 Å². The first-order valence-electron chi connectivity index (χ1n) is 7.03. The number of piperazine rings is 1. The lowest BCUT2D eigenvalue weighted by molar-refractivity contribution is -0.146. The summed E-state index contributed by atoms with van der Waals surface area (Å²) in [4.78, 5) is 25.9. The molecular weight excluding hydrogens is 228 g/mol. The smallest absolute Gasteiger partial charge is 0.245 e. The molecule has 0 aromatic heterocycles. The van der Waals surface area contributed by atoms with E-state index in [0.717, 1.165) is 32.1 Å². The van der Waals surface area contributed by atoms with Crippen molar-refractivity contribution < 1.29 is 9.59 Å². The Balaban J connectivity index is 2.07. The molecule has 1 aliphatic carbocycles. The molecule has 2 amide bonds. The minimum absolute atomic E-state index is 0.00208. The van der Waals surface area contributed by atoms with Crippen LogP contribution in [0.15, 0.2) is 0 Å². The van der Waals surface area contributed by atoms with E-state index < -0.39 is 0 Å². The molecule has 0 bridgehead atoms. The van der Waals surface area contributed by atoms with Crippen molar-refractivity contribution in [2.24, 2.45) is 5.41 Å². The number of hydrogen-bond donors (Lipinski definition) is 1. The summed E-state index contributed by atoms with van der Waals surface area (Å²) in [6, 6.07) is -0.0298. The van der Waals surface area contributed by atoms with Crippen molar-refractivity contribution in [2.75, 3.05) is 6.54 Å². The molecule has 2 fully saturated rings. The summed E-state index contributed by atoms with van der Waals surface area (Å²) < 4.78 is 0. The van der Waals surface area contributed by atoms with Gasteiger partial charge in [-0.05, 0) is 31.1 Å².